The number of nitrogens with zero attached hydrogens (tertiary/aromatic N) is 3. The van der Waals surface area contributed by atoms with Crippen molar-refractivity contribution < 1.29 is 17.9 Å². The molecule has 0 aliphatic carbocycles. The third kappa shape index (κ3) is 2.54. The number of amides is 1. The zero-order valence-electron chi connectivity index (χ0n) is 16.4. The van der Waals surface area contributed by atoms with Crippen molar-refractivity contribution in [3.63, 3.8) is 0 Å². The average Bonchev–Trinajstić information content (AvgIpc) is 3.40. The summed E-state index contributed by atoms with van der Waals surface area (Å²) in [6.45, 7) is 0.863. The quantitative estimate of drug-likeness (QED) is 0.647. The number of methoxy groups -OCH3 is 1. The molecule has 3 heterocycles. The predicted octanol–water partition coefficient (Wildman–Crippen LogP) is 2.51. The lowest BCUT2D eigenvalue weighted by Crippen LogP contribution is -2.59. The highest BCUT2D eigenvalue weighted by molar-refractivity contribution is 7.89. The van der Waals surface area contributed by atoms with Crippen molar-refractivity contribution in [2.45, 2.75) is 17.1 Å². The maximum absolute atomic E-state index is 13.7. The van der Waals surface area contributed by atoms with Crippen LogP contribution in [0.1, 0.15) is 16.1 Å². The number of carbonyl (C=O) groups is 1. The number of hydrogen-bond acceptors (Lipinski definition) is 4. The maximum Gasteiger partial charge on any atom is 0.272 e. The van der Waals surface area contributed by atoms with Gasteiger partial charge in [-0.2, -0.15) is 4.31 Å². The lowest BCUT2D eigenvalue weighted by Gasteiger charge is -2.46. The predicted molar refractivity (Wildman–Crippen MR) is 110 cm³/mol. The van der Waals surface area contributed by atoms with Gasteiger partial charge in [-0.1, -0.05) is 30.3 Å². The molecule has 1 fully saturated rings. The molecule has 2 aromatic carbocycles. The fraction of sp³-hybridized carbons (Fsp3) is 0.227. The highest BCUT2D eigenvalue weighted by Crippen LogP contribution is 2.45. The van der Waals surface area contributed by atoms with Crippen LogP contribution in [-0.4, -0.2) is 48.3 Å². The zero-order chi connectivity index (χ0) is 20.9. The van der Waals surface area contributed by atoms with Gasteiger partial charge in [0.15, 0.2) is 5.66 Å². The van der Waals surface area contributed by atoms with Crippen LogP contribution >= 0.6 is 0 Å². The first kappa shape index (κ1) is 18.9. The van der Waals surface area contributed by atoms with Gasteiger partial charge in [0.05, 0.1) is 18.6 Å². The molecular formula is C22H21N3O4S. The number of carbonyl (C=O) groups excluding carboxylic acids is 1. The smallest absolute Gasteiger partial charge is 0.272 e. The van der Waals surface area contributed by atoms with E-state index in [4.69, 9.17) is 4.74 Å². The minimum atomic E-state index is -3.85. The third-order valence-electron chi connectivity index (χ3n) is 5.95. The molecule has 0 radical (unpaired) electrons. The third-order valence-corrected chi connectivity index (χ3v) is 7.89. The molecule has 1 saturated heterocycles. The normalized spacial score (nSPS) is 21.4. The fourth-order valence-corrected chi connectivity index (χ4v) is 6.28. The van der Waals surface area contributed by atoms with Crippen LogP contribution in [-0.2, 0) is 22.2 Å². The lowest BCUT2D eigenvalue weighted by atomic mass is 9.95. The molecule has 0 N–H and O–H groups in total. The molecule has 2 aliphatic rings. The minimum absolute atomic E-state index is 0.173. The van der Waals surface area contributed by atoms with Gasteiger partial charge in [0.1, 0.15) is 11.4 Å². The fourth-order valence-electron chi connectivity index (χ4n) is 4.54. The molecule has 0 spiro atoms. The van der Waals surface area contributed by atoms with Crippen LogP contribution in [0.25, 0.3) is 0 Å². The number of hydrogen-bond donors (Lipinski definition) is 0. The molecule has 3 aromatic rings. The number of rotatable bonds is 4. The summed E-state index contributed by atoms with van der Waals surface area (Å²) in [7, 11) is -2.26. The topological polar surface area (TPSA) is 71.8 Å². The lowest BCUT2D eigenvalue weighted by molar-refractivity contribution is 0.0181. The SMILES string of the molecule is COc1ccc(C23Cn4cccc4C(=O)N2CCN3S(=O)(=O)c2ccccc2)cc1. The molecule has 1 amide bonds. The van der Waals surface area contributed by atoms with E-state index >= 15 is 0 Å². The summed E-state index contributed by atoms with van der Waals surface area (Å²) in [5.41, 5.74) is 0.149. The number of sulfonamides is 1. The molecule has 1 atom stereocenters. The van der Waals surface area contributed by atoms with Crippen LogP contribution in [0, 0.1) is 0 Å². The van der Waals surface area contributed by atoms with Gasteiger partial charge in [0.2, 0.25) is 10.0 Å². The van der Waals surface area contributed by atoms with Crippen LogP contribution in [0.4, 0.5) is 0 Å². The van der Waals surface area contributed by atoms with Crippen molar-refractivity contribution in [2.24, 2.45) is 0 Å². The van der Waals surface area contributed by atoms with E-state index in [2.05, 4.69) is 0 Å². The van der Waals surface area contributed by atoms with E-state index in [9.17, 15) is 13.2 Å². The Morgan fingerprint density at radius 2 is 1.67 bits per heavy atom. The van der Waals surface area contributed by atoms with E-state index in [0.29, 0.717) is 24.5 Å². The second kappa shape index (κ2) is 6.72. The van der Waals surface area contributed by atoms with Crippen LogP contribution < -0.4 is 4.74 Å². The Kier molecular flexibility index (Phi) is 4.23. The monoisotopic (exact) mass is 423 g/mol. The van der Waals surface area contributed by atoms with Gasteiger partial charge in [0, 0.05) is 19.3 Å². The Morgan fingerprint density at radius 1 is 0.933 bits per heavy atom. The molecule has 8 heteroatoms. The van der Waals surface area contributed by atoms with Gasteiger partial charge in [0.25, 0.3) is 5.91 Å². The Morgan fingerprint density at radius 3 is 2.37 bits per heavy atom. The van der Waals surface area contributed by atoms with E-state index in [-0.39, 0.29) is 17.3 Å². The van der Waals surface area contributed by atoms with Gasteiger partial charge in [-0.05, 0) is 42.0 Å². The van der Waals surface area contributed by atoms with Gasteiger partial charge >= 0.3 is 0 Å². The summed E-state index contributed by atoms with van der Waals surface area (Å²) in [4.78, 5) is 15.2. The van der Waals surface area contributed by atoms with E-state index in [1.807, 2.05) is 29.0 Å². The Hall–Kier alpha value is -3.10. The first-order valence-corrected chi connectivity index (χ1v) is 11.1. The van der Waals surface area contributed by atoms with Crippen LogP contribution in [0.5, 0.6) is 5.75 Å². The van der Waals surface area contributed by atoms with Crippen molar-refractivity contribution in [1.82, 2.24) is 13.8 Å². The van der Waals surface area contributed by atoms with E-state index in [1.54, 1.807) is 60.5 Å². The maximum atomic E-state index is 13.7. The molecule has 7 nitrogen and oxygen atoms in total. The summed E-state index contributed by atoms with van der Waals surface area (Å²) in [6.07, 6.45) is 1.82. The number of ether oxygens (including phenoxy) is 1. The van der Waals surface area contributed by atoms with Crippen LogP contribution in [0.2, 0.25) is 0 Å². The largest absolute Gasteiger partial charge is 0.497 e. The van der Waals surface area contributed by atoms with E-state index in [0.717, 1.165) is 5.56 Å². The molecule has 0 saturated carbocycles. The number of aromatic nitrogens is 1. The highest BCUT2D eigenvalue weighted by Gasteiger charge is 2.58. The number of fused-ring (bicyclic) bond motifs is 2. The molecule has 1 aromatic heterocycles. The first-order chi connectivity index (χ1) is 14.5. The van der Waals surface area contributed by atoms with Crippen LogP contribution in [0.3, 0.4) is 0 Å². The molecule has 0 bridgehead atoms. The molecule has 1 unspecified atom stereocenters. The van der Waals surface area contributed by atoms with Gasteiger partial charge in [-0.25, -0.2) is 8.42 Å². The minimum Gasteiger partial charge on any atom is -0.497 e. The molecule has 30 heavy (non-hydrogen) atoms. The van der Waals surface area contributed by atoms with Gasteiger partial charge in [-0.15, -0.1) is 0 Å². The highest BCUT2D eigenvalue weighted by atomic mass is 32.2. The number of benzene rings is 2. The van der Waals surface area contributed by atoms with Crippen LogP contribution in [0.15, 0.2) is 77.8 Å². The van der Waals surface area contributed by atoms with Crippen molar-refractivity contribution in [3.8, 4) is 5.75 Å². The zero-order valence-corrected chi connectivity index (χ0v) is 17.2. The summed E-state index contributed by atoms with van der Waals surface area (Å²) in [5.74, 6) is 0.494. The Bertz CT molecular complexity index is 1200. The summed E-state index contributed by atoms with van der Waals surface area (Å²) >= 11 is 0. The van der Waals surface area contributed by atoms with E-state index in [1.165, 1.54) is 4.31 Å². The molecule has 5 rings (SSSR count). The van der Waals surface area contributed by atoms with E-state index < -0.39 is 15.7 Å². The summed E-state index contributed by atoms with van der Waals surface area (Å²) in [6, 6.07) is 19.2. The van der Waals surface area contributed by atoms with Crippen molar-refractivity contribution in [1.29, 1.82) is 0 Å². The van der Waals surface area contributed by atoms with Crippen molar-refractivity contribution in [2.75, 3.05) is 20.2 Å². The Balaban J connectivity index is 1.73. The summed E-state index contributed by atoms with van der Waals surface area (Å²) < 4.78 is 36.0. The summed E-state index contributed by atoms with van der Waals surface area (Å²) in [5, 5.41) is 0. The van der Waals surface area contributed by atoms with Gasteiger partial charge < -0.3 is 14.2 Å². The molecule has 2 aliphatic heterocycles. The molecule has 154 valence electrons. The van der Waals surface area contributed by atoms with Crippen molar-refractivity contribution in [3.05, 3.63) is 84.2 Å². The average molecular weight is 423 g/mol. The second-order valence-corrected chi connectivity index (χ2v) is 9.28. The second-order valence-electron chi connectivity index (χ2n) is 7.41. The molecular weight excluding hydrogens is 402 g/mol. The standard InChI is InChI=1S/C22H21N3O4S/c1-29-18-11-9-17(10-12-18)22-16-23-13-5-8-20(23)21(26)24(22)14-15-25(22)30(27,28)19-6-3-2-4-7-19/h2-13H,14-16H2,1H3. The van der Waals surface area contributed by atoms with Gasteiger partial charge in [-0.3, -0.25) is 4.79 Å². The Labute approximate surface area is 175 Å². The first-order valence-electron chi connectivity index (χ1n) is 9.68. The van der Waals surface area contributed by atoms with Crippen molar-refractivity contribution >= 4 is 15.9 Å².